The minimum Gasteiger partial charge on any atom is -0.497 e. The number of aryl methyl sites for hydroxylation is 2. The maximum atomic E-state index is 11.8. The van der Waals surface area contributed by atoms with Crippen LogP contribution >= 0.6 is 0 Å². The molecule has 0 heterocycles. The number of ether oxygens (including phenoxy) is 2. The van der Waals surface area contributed by atoms with Gasteiger partial charge in [-0.25, -0.2) is 4.79 Å². The zero-order valence-electron chi connectivity index (χ0n) is 14.5. The third-order valence-electron chi connectivity index (χ3n) is 3.64. The number of rotatable bonds is 6. The first-order valence-electron chi connectivity index (χ1n) is 7.84. The fourth-order valence-corrected chi connectivity index (χ4v) is 2.11. The topological polar surface area (TPSA) is 64.6 Å². The van der Waals surface area contributed by atoms with Gasteiger partial charge in [-0.3, -0.25) is 4.79 Å². The minimum atomic E-state index is -0.585. The van der Waals surface area contributed by atoms with E-state index in [0.29, 0.717) is 11.4 Å². The number of amides is 1. The summed E-state index contributed by atoms with van der Waals surface area (Å²) in [4.78, 5) is 23.5. The van der Waals surface area contributed by atoms with Crippen molar-refractivity contribution in [1.29, 1.82) is 0 Å². The van der Waals surface area contributed by atoms with Crippen LogP contribution < -0.4 is 10.1 Å². The molecule has 0 fully saturated rings. The molecule has 0 aromatic heterocycles. The summed E-state index contributed by atoms with van der Waals surface area (Å²) in [6.07, 6.45) is 2.88. The Bertz CT molecular complexity index is 796. The van der Waals surface area contributed by atoms with E-state index in [-0.39, 0.29) is 12.5 Å². The van der Waals surface area contributed by atoms with Gasteiger partial charge in [0.05, 0.1) is 7.11 Å². The van der Waals surface area contributed by atoms with E-state index in [4.69, 9.17) is 9.47 Å². The molecule has 2 aromatic carbocycles. The first-order chi connectivity index (χ1) is 12.0. The molecule has 5 heteroatoms. The fourth-order valence-electron chi connectivity index (χ4n) is 2.11. The predicted molar refractivity (Wildman–Crippen MR) is 97.5 cm³/mol. The fraction of sp³-hybridized carbons (Fsp3) is 0.200. The average molecular weight is 339 g/mol. The van der Waals surface area contributed by atoms with E-state index in [9.17, 15) is 9.59 Å². The van der Waals surface area contributed by atoms with Crippen LogP contribution in [0.25, 0.3) is 6.08 Å². The van der Waals surface area contributed by atoms with Gasteiger partial charge >= 0.3 is 5.97 Å². The maximum Gasteiger partial charge on any atom is 0.331 e. The number of esters is 1. The van der Waals surface area contributed by atoms with Gasteiger partial charge in [-0.05, 0) is 60.9 Å². The second kappa shape index (κ2) is 8.68. The summed E-state index contributed by atoms with van der Waals surface area (Å²) in [5.74, 6) is -0.271. The highest BCUT2D eigenvalue weighted by Gasteiger charge is 2.06. The van der Waals surface area contributed by atoms with Crippen LogP contribution in [0.3, 0.4) is 0 Å². The number of nitrogens with one attached hydrogen (secondary N) is 1. The third kappa shape index (κ3) is 5.80. The molecule has 25 heavy (non-hydrogen) atoms. The summed E-state index contributed by atoms with van der Waals surface area (Å²) < 4.78 is 10.0. The third-order valence-corrected chi connectivity index (χ3v) is 3.64. The summed E-state index contributed by atoms with van der Waals surface area (Å²) >= 11 is 0. The van der Waals surface area contributed by atoms with Crippen LogP contribution in [0.2, 0.25) is 0 Å². The molecular weight excluding hydrogens is 318 g/mol. The van der Waals surface area contributed by atoms with E-state index in [1.165, 1.54) is 6.08 Å². The molecule has 1 amide bonds. The quantitative estimate of drug-likeness (QED) is 0.646. The van der Waals surface area contributed by atoms with E-state index in [1.54, 1.807) is 19.3 Å². The number of benzene rings is 2. The molecule has 2 rings (SSSR count). The average Bonchev–Trinajstić information content (AvgIpc) is 2.61. The van der Waals surface area contributed by atoms with Gasteiger partial charge < -0.3 is 14.8 Å². The van der Waals surface area contributed by atoms with Crippen molar-refractivity contribution in [3.63, 3.8) is 0 Å². The Kier molecular flexibility index (Phi) is 6.34. The zero-order chi connectivity index (χ0) is 18.2. The molecule has 0 unspecified atom stereocenters. The first kappa shape index (κ1) is 18.3. The van der Waals surface area contributed by atoms with E-state index in [1.807, 2.05) is 50.2 Å². The molecule has 0 aliphatic heterocycles. The molecule has 0 atom stereocenters. The Morgan fingerprint density at radius 2 is 1.88 bits per heavy atom. The van der Waals surface area contributed by atoms with Crippen molar-refractivity contribution in [1.82, 2.24) is 0 Å². The van der Waals surface area contributed by atoms with Gasteiger partial charge in [-0.1, -0.05) is 18.2 Å². The Morgan fingerprint density at radius 1 is 1.08 bits per heavy atom. The van der Waals surface area contributed by atoms with E-state index in [2.05, 4.69) is 5.32 Å². The highest BCUT2D eigenvalue weighted by Crippen LogP contribution is 2.14. The first-order valence-corrected chi connectivity index (χ1v) is 7.84. The Hall–Kier alpha value is -3.08. The summed E-state index contributed by atoms with van der Waals surface area (Å²) in [6, 6.07) is 12.9. The van der Waals surface area contributed by atoms with Gasteiger partial charge in [0.25, 0.3) is 5.91 Å². The minimum absolute atomic E-state index is 0.339. The molecule has 0 saturated heterocycles. The number of hydrogen-bond donors (Lipinski definition) is 1. The van der Waals surface area contributed by atoms with Crippen molar-refractivity contribution in [3.05, 3.63) is 65.2 Å². The molecule has 0 aliphatic carbocycles. The molecule has 0 aliphatic rings. The molecule has 1 N–H and O–H groups in total. The number of carbonyl (C=O) groups is 2. The van der Waals surface area contributed by atoms with Crippen LogP contribution in [0, 0.1) is 13.8 Å². The van der Waals surface area contributed by atoms with Crippen molar-refractivity contribution in [2.24, 2.45) is 0 Å². The lowest BCUT2D eigenvalue weighted by molar-refractivity contribution is -0.142. The standard InChI is InChI=1S/C20H21NO4/c1-14-7-9-17(11-15(14)2)21-19(22)13-25-20(23)10-8-16-5-4-6-18(12-16)24-3/h4-12H,13H2,1-3H3,(H,21,22)/b10-8+. The predicted octanol–water partition coefficient (Wildman–Crippen LogP) is 3.51. The Labute approximate surface area is 147 Å². The molecule has 0 saturated carbocycles. The van der Waals surface area contributed by atoms with Crippen LogP contribution in [0.5, 0.6) is 5.75 Å². The van der Waals surface area contributed by atoms with Crippen LogP contribution in [0.1, 0.15) is 16.7 Å². The van der Waals surface area contributed by atoms with Crippen molar-refractivity contribution in [3.8, 4) is 5.75 Å². The maximum absolute atomic E-state index is 11.8. The normalized spacial score (nSPS) is 10.5. The largest absolute Gasteiger partial charge is 0.497 e. The molecule has 5 nitrogen and oxygen atoms in total. The summed E-state index contributed by atoms with van der Waals surface area (Å²) in [6.45, 7) is 3.62. The summed E-state index contributed by atoms with van der Waals surface area (Å²) in [7, 11) is 1.57. The molecular formula is C20H21NO4. The van der Waals surface area contributed by atoms with Crippen LogP contribution in [0.15, 0.2) is 48.5 Å². The van der Waals surface area contributed by atoms with Crippen molar-refractivity contribution < 1.29 is 19.1 Å². The van der Waals surface area contributed by atoms with Gasteiger partial charge in [-0.2, -0.15) is 0 Å². The van der Waals surface area contributed by atoms with Crippen molar-refractivity contribution in [2.45, 2.75) is 13.8 Å². The lowest BCUT2D eigenvalue weighted by Gasteiger charge is -2.07. The molecule has 130 valence electrons. The highest BCUT2D eigenvalue weighted by atomic mass is 16.5. The number of anilines is 1. The van der Waals surface area contributed by atoms with Gasteiger partial charge in [0.15, 0.2) is 6.61 Å². The van der Waals surface area contributed by atoms with Gasteiger partial charge in [0.1, 0.15) is 5.75 Å². The Morgan fingerprint density at radius 3 is 2.60 bits per heavy atom. The molecule has 0 bridgehead atoms. The summed E-state index contributed by atoms with van der Waals surface area (Å²) in [5.41, 5.74) is 3.70. The highest BCUT2D eigenvalue weighted by molar-refractivity contribution is 5.94. The van der Waals surface area contributed by atoms with E-state index < -0.39 is 5.97 Å². The van der Waals surface area contributed by atoms with E-state index >= 15 is 0 Å². The van der Waals surface area contributed by atoms with Crippen molar-refractivity contribution in [2.75, 3.05) is 19.0 Å². The van der Waals surface area contributed by atoms with Crippen LogP contribution in [-0.2, 0) is 14.3 Å². The van der Waals surface area contributed by atoms with Crippen LogP contribution in [-0.4, -0.2) is 25.6 Å². The van der Waals surface area contributed by atoms with Gasteiger partial charge in [-0.15, -0.1) is 0 Å². The number of carbonyl (C=O) groups excluding carboxylic acids is 2. The van der Waals surface area contributed by atoms with Gasteiger partial charge in [0, 0.05) is 11.8 Å². The van der Waals surface area contributed by atoms with Crippen LogP contribution in [0.4, 0.5) is 5.69 Å². The molecule has 2 aromatic rings. The second-order valence-electron chi connectivity index (χ2n) is 5.56. The lowest BCUT2D eigenvalue weighted by Crippen LogP contribution is -2.20. The number of hydrogen-bond acceptors (Lipinski definition) is 4. The molecule has 0 radical (unpaired) electrons. The van der Waals surface area contributed by atoms with E-state index in [0.717, 1.165) is 16.7 Å². The molecule has 0 spiro atoms. The monoisotopic (exact) mass is 339 g/mol. The smallest absolute Gasteiger partial charge is 0.331 e. The number of methoxy groups -OCH3 is 1. The zero-order valence-corrected chi connectivity index (χ0v) is 14.5. The van der Waals surface area contributed by atoms with Gasteiger partial charge in [0.2, 0.25) is 0 Å². The summed E-state index contributed by atoms with van der Waals surface area (Å²) in [5, 5.41) is 2.70. The second-order valence-corrected chi connectivity index (χ2v) is 5.56. The Balaban J connectivity index is 1.83. The SMILES string of the molecule is COc1cccc(/C=C/C(=O)OCC(=O)Nc2ccc(C)c(C)c2)c1. The van der Waals surface area contributed by atoms with Crippen molar-refractivity contribution >= 4 is 23.6 Å². The lowest BCUT2D eigenvalue weighted by atomic mass is 10.1.